The van der Waals surface area contributed by atoms with Crippen molar-refractivity contribution in [3.8, 4) is 0 Å². The number of aliphatic hydroxyl groups excluding tert-OH is 1. The molecule has 0 amide bonds. The van der Waals surface area contributed by atoms with Crippen LogP contribution in [0.3, 0.4) is 0 Å². The van der Waals surface area contributed by atoms with Crippen molar-refractivity contribution < 1.29 is 9.90 Å². The van der Waals surface area contributed by atoms with Crippen LogP contribution < -0.4 is 0 Å². The highest BCUT2D eigenvalue weighted by Crippen LogP contribution is 2.56. The van der Waals surface area contributed by atoms with Gasteiger partial charge in [0.15, 0.2) is 5.78 Å². The molecule has 0 aromatic heterocycles. The molecule has 2 fully saturated rings. The van der Waals surface area contributed by atoms with Gasteiger partial charge >= 0.3 is 0 Å². The molecule has 1 N–H and O–H groups in total. The van der Waals surface area contributed by atoms with Crippen molar-refractivity contribution in [2.45, 2.75) is 26.4 Å². The molecule has 0 heterocycles. The fourth-order valence-corrected chi connectivity index (χ4v) is 2.59. The molecule has 0 aromatic carbocycles. The van der Waals surface area contributed by atoms with Crippen molar-refractivity contribution in [3.05, 3.63) is 12.2 Å². The Hall–Kier alpha value is -0.630. The standard InChI is InChI=1S/C10H14O2/c1-5-6-4-7(10(5,2)3)9(12)8(6)11/h6-8,11H,1,4H2,2-3H3/t6-,7-,8+/m1/s1. The van der Waals surface area contributed by atoms with Gasteiger partial charge in [-0.2, -0.15) is 0 Å². The summed E-state index contributed by atoms with van der Waals surface area (Å²) >= 11 is 0. The molecular formula is C10H14O2. The summed E-state index contributed by atoms with van der Waals surface area (Å²) in [7, 11) is 0. The highest BCUT2D eigenvalue weighted by molar-refractivity contribution is 5.91. The van der Waals surface area contributed by atoms with Crippen LogP contribution in [0.1, 0.15) is 20.3 Å². The number of hydrogen-bond acceptors (Lipinski definition) is 2. The van der Waals surface area contributed by atoms with E-state index in [9.17, 15) is 9.90 Å². The maximum atomic E-state index is 11.4. The zero-order valence-corrected chi connectivity index (χ0v) is 7.50. The van der Waals surface area contributed by atoms with E-state index in [0.29, 0.717) is 0 Å². The molecule has 2 rings (SSSR count). The van der Waals surface area contributed by atoms with Crippen LogP contribution in [0.4, 0.5) is 0 Å². The summed E-state index contributed by atoms with van der Waals surface area (Å²) in [6, 6.07) is 0. The molecule has 2 bridgehead atoms. The van der Waals surface area contributed by atoms with Gasteiger partial charge in [0.2, 0.25) is 0 Å². The topological polar surface area (TPSA) is 37.3 Å². The number of Topliss-reactive ketones (excluding diaryl/α,β-unsaturated/α-hetero) is 1. The number of fused-ring (bicyclic) bond motifs is 2. The van der Waals surface area contributed by atoms with Gasteiger partial charge in [-0.05, 0) is 11.8 Å². The van der Waals surface area contributed by atoms with Crippen LogP contribution in [0, 0.1) is 17.3 Å². The predicted octanol–water partition coefficient (Wildman–Crippen LogP) is 1.15. The van der Waals surface area contributed by atoms with Crippen LogP contribution in [0.15, 0.2) is 12.2 Å². The van der Waals surface area contributed by atoms with E-state index in [1.807, 2.05) is 13.8 Å². The monoisotopic (exact) mass is 166 g/mol. The molecule has 2 aliphatic rings. The Morgan fingerprint density at radius 1 is 1.58 bits per heavy atom. The van der Waals surface area contributed by atoms with Gasteiger partial charge in [0.1, 0.15) is 6.10 Å². The first-order valence-corrected chi connectivity index (χ1v) is 4.37. The van der Waals surface area contributed by atoms with Crippen LogP contribution in [-0.4, -0.2) is 17.0 Å². The van der Waals surface area contributed by atoms with Gasteiger partial charge in [0, 0.05) is 11.8 Å². The molecule has 0 radical (unpaired) electrons. The van der Waals surface area contributed by atoms with Crippen LogP contribution in [0.2, 0.25) is 0 Å². The van der Waals surface area contributed by atoms with E-state index in [-0.39, 0.29) is 23.0 Å². The normalized spacial score (nSPS) is 44.1. The van der Waals surface area contributed by atoms with Gasteiger partial charge in [0.05, 0.1) is 0 Å². The first kappa shape index (κ1) is 7.99. The van der Waals surface area contributed by atoms with E-state index in [4.69, 9.17) is 0 Å². The molecule has 2 heteroatoms. The van der Waals surface area contributed by atoms with Crippen molar-refractivity contribution >= 4 is 5.78 Å². The van der Waals surface area contributed by atoms with Crippen LogP contribution >= 0.6 is 0 Å². The average molecular weight is 166 g/mol. The SMILES string of the molecule is C=C1[C@H]2C[C@H](C(=O)[C@H]2O)C1(C)C. The fraction of sp³-hybridized carbons (Fsp3) is 0.700. The lowest BCUT2D eigenvalue weighted by Gasteiger charge is -2.33. The maximum absolute atomic E-state index is 11.4. The van der Waals surface area contributed by atoms with Crippen molar-refractivity contribution in [2.24, 2.45) is 17.3 Å². The third-order valence-corrected chi connectivity index (χ3v) is 3.65. The van der Waals surface area contributed by atoms with Crippen molar-refractivity contribution in [1.82, 2.24) is 0 Å². The molecule has 2 aliphatic carbocycles. The molecule has 66 valence electrons. The summed E-state index contributed by atoms with van der Waals surface area (Å²) in [6.07, 6.45) is 0.0572. The number of ketones is 1. The second-order valence-electron chi connectivity index (χ2n) is 4.49. The van der Waals surface area contributed by atoms with Gasteiger partial charge in [-0.3, -0.25) is 4.79 Å². The zero-order valence-electron chi connectivity index (χ0n) is 7.50. The molecule has 0 spiro atoms. The average Bonchev–Trinajstić information content (AvgIpc) is 2.38. The van der Waals surface area contributed by atoms with E-state index in [1.165, 1.54) is 0 Å². The number of carbonyl (C=O) groups is 1. The van der Waals surface area contributed by atoms with E-state index in [0.717, 1.165) is 12.0 Å². The van der Waals surface area contributed by atoms with E-state index in [2.05, 4.69) is 6.58 Å². The Morgan fingerprint density at radius 3 is 2.58 bits per heavy atom. The van der Waals surface area contributed by atoms with E-state index in [1.54, 1.807) is 0 Å². The highest BCUT2D eigenvalue weighted by atomic mass is 16.3. The third kappa shape index (κ3) is 0.667. The Balaban J connectivity index is 2.42. The lowest BCUT2D eigenvalue weighted by molar-refractivity contribution is -0.132. The minimum absolute atomic E-state index is 0.0185. The molecule has 12 heavy (non-hydrogen) atoms. The number of carbonyl (C=O) groups excluding carboxylic acids is 1. The molecule has 2 nitrogen and oxygen atoms in total. The van der Waals surface area contributed by atoms with Gasteiger partial charge < -0.3 is 5.11 Å². The first-order chi connectivity index (χ1) is 5.46. The van der Waals surface area contributed by atoms with Crippen LogP contribution in [-0.2, 0) is 4.79 Å². The Kier molecular flexibility index (Phi) is 1.33. The van der Waals surface area contributed by atoms with Crippen molar-refractivity contribution in [2.75, 3.05) is 0 Å². The Morgan fingerprint density at radius 2 is 2.17 bits per heavy atom. The van der Waals surface area contributed by atoms with Gasteiger partial charge in [-0.1, -0.05) is 26.0 Å². The van der Waals surface area contributed by atoms with Crippen molar-refractivity contribution in [1.29, 1.82) is 0 Å². The Bertz CT molecular complexity index is 265. The second-order valence-corrected chi connectivity index (χ2v) is 4.49. The fourth-order valence-electron chi connectivity index (χ4n) is 2.59. The Labute approximate surface area is 72.3 Å². The van der Waals surface area contributed by atoms with Gasteiger partial charge in [-0.25, -0.2) is 0 Å². The molecule has 2 saturated carbocycles. The van der Waals surface area contributed by atoms with E-state index < -0.39 is 6.10 Å². The number of aliphatic hydroxyl groups is 1. The van der Waals surface area contributed by atoms with Crippen LogP contribution in [0.5, 0.6) is 0 Å². The zero-order chi connectivity index (χ0) is 9.09. The minimum Gasteiger partial charge on any atom is -0.385 e. The number of rotatable bonds is 0. The molecule has 0 unspecified atom stereocenters. The second kappa shape index (κ2) is 1.99. The third-order valence-electron chi connectivity index (χ3n) is 3.65. The largest absolute Gasteiger partial charge is 0.385 e. The summed E-state index contributed by atoms with van der Waals surface area (Å²) in [5.41, 5.74) is 0.973. The molecule has 3 atom stereocenters. The summed E-state index contributed by atoms with van der Waals surface area (Å²) < 4.78 is 0. The van der Waals surface area contributed by atoms with Crippen molar-refractivity contribution in [3.63, 3.8) is 0 Å². The minimum atomic E-state index is -0.754. The lowest BCUT2D eigenvalue weighted by Crippen LogP contribution is -2.38. The summed E-state index contributed by atoms with van der Waals surface area (Å²) in [5.74, 6) is 0.0832. The first-order valence-electron chi connectivity index (χ1n) is 4.37. The lowest BCUT2D eigenvalue weighted by atomic mass is 9.72. The van der Waals surface area contributed by atoms with E-state index >= 15 is 0 Å². The highest BCUT2D eigenvalue weighted by Gasteiger charge is 2.57. The molecular weight excluding hydrogens is 152 g/mol. The maximum Gasteiger partial charge on any atom is 0.165 e. The summed E-state index contributed by atoms with van der Waals surface area (Å²) in [6.45, 7) is 8.05. The van der Waals surface area contributed by atoms with Gasteiger partial charge in [-0.15, -0.1) is 0 Å². The quantitative estimate of drug-likeness (QED) is 0.548. The molecule has 0 saturated heterocycles. The summed E-state index contributed by atoms with van der Waals surface area (Å²) in [5, 5.41) is 9.48. The predicted molar refractivity (Wildman–Crippen MR) is 45.5 cm³/mol. The van der Waals surface area contributed by atoms with Gasteiger partial charge in [0.25, 0.3) is 0 Å². The smallest absolute Gasteiger partial charge is 0.165 e. The molecule has 0 aromatic rings. The molecule has 0 aliphatic heterocycles. The number of hydrogen-bond donors (Lipinski definition) is 1. The summed E-state index contributed by atoms with van der Waals surface area (Å²) in [4.78, 5) is 11.4. The van der Waals surface area contributed by atoms with Crippen LogP contribution in [0.25, 0.3) is 0 Å².